The van der Waals surface area contributed by atoms with Gasteiger partial charge in [0.1, 0.15) is 5.82 Å². The normalized spacial score (nSPS) is 14.1. The number of benzene rings is 1. The first kappa shape index (κ1) is 12.4. The van der Waals surface area contributed by atoms with E-state index in [1.54, 1.807) is 6.20 Å². The minimum Gasteiger partial charge on any atom is -0.357 e. The van der Waals surface area contributed by atoms with Gasteiger partial charge in [-0.15, -0.1) is 0 Å². The number of hydrogen-bond acceptors (Lipinski definition) is 4. The first-order chi connectivity index (χ1) is 9.26. The molecule has 0 saturated heterocycles. The maximum absolute atomic E-state index is 4.50. The maximum atomic E-state index is 4.50. The summed E-state index contributed by atoms with van der Waals surface area (Å²) in [5, 5.41) is 2.98. The van der Waals surface area contributed by atoms with Gasteiger partial charge < -0.3 is 10.2 Å². The molecule has 0 amide bonds. The maximum Gasteiger partial charge on any atom is 0.224 e. The van der Waals surface area contributed by atoms with E-state index in [9.17, 15) is 0 Å². The molecule has 1 aromatic heterocycles. The van der Waals surface area contributed by atoms with Crippen LogP contribution in [0.1, 0.15) is 11.1 Å². The van der Waals surface area contributed by atoms with Gasteiger partial charge in [-0.25, -0.2) is 4.98 Å². The van der Waals surface area contributed by atoms with Crippen molar-refractivity contribution in [3.05, 3.63) is 46.1 Å². The Morgan fingerprint density at radius 1 is 1.26 bits per heavy atom. The number of nitrogens with zero attached hydrogens (tertiary/aromatic N) is 3. The molecule has 2 heterocycles. The van der Waals surface area contributed by atoms with E-state index in [2.05, 4.69) is 54.3 Å². The van der Waals surface area contributed by atoms with Crippen molar-refractivity contribution < 1.29 is 0 Å². The largest absolute Gasteiger partial charge is 0.357 e. The van der Waals surface area contributed by atoms with Crippen LogP contribution in [0.25, 0.3) is 0 Å². The number of anilines is 2. The van der Waals surface area contributed by atoms with Crippen molar-refractivity contribution in [3.63, 3.8) is 0 Å². The van der Waals surface area contributed by atoms with Crippen LogP contribution < -0.4 is 10.2 Å². The number of fused-ring (bicyclic) bond motifs is 1. The number of rotatable bonds is 2. The highest BCUT2D eigenvalue weighted by Gasteiger charge is 2.17. The second-order valence-corrected chi connectivity index (χ2v) is 5.49. The van der Waals surface area contributed by atoms with E-state index in [1.165, 1.54) is 11.1 Å². The van der Waals surface area contributed by atoms with Crippen molar-refractivity contribution in [2.75, 3.05) is 23.8 Å². The Morgan fingerprint density at radius 3 is 3.00 bits per heavy atom. The minimum atomic E-state index is 0.664. The van der Waals surface area contributed by atoms with Crippen LogP contribution in [0.2, 0.25) is 0 Å². The highest BCUT2D eigenvalue weighted by molar-refractivity contribution is 9.10. The second-order valence-electron chi connectivity index (χ2n) is 4.57. The summed E-state index contributed by atoms with van der Waals surface area (Å²) in [6.45, 7) is 1.89. The van der Waals surface area contributed by atoms with Crippen molar-refractivity contribution in [2.45, 2.75) is 13.0 Å². The summed E-state index contributed by atoms with van der Waals surface area (Å²) in [6.07, 6.45) is 2.85. The van der Waals surface area contributed by atoms with E-state index in [1.807, 2.05) is 13.1 Å². The van der Waals surface area contributed by atoms with Gasteiger partial charge in [0.25, 0.3) is 0 Å². The molecule has 4 nitrogen and oxygen atoms in total. The molecule has 0 saturated carbocycles. The van der Waals surface area contributed by atoms with Crippen LogP contribution in [-0.2, 0) is 13.0 Å². The second kappa shape index (κ2) is 5.17. The summed E-state index contributed by atoms with van der Waals surface area (Å²) in [6, 6.07) is 8.47. The lowest BCUT2D eigenvalue weighted by Gasteiger charge is -2.30. The smallest absolute Gasteiger partial charge is 0.224 e. The first-order valence-electron chi connectivity index (χ1n) is 6.29. The summed E-state index contributed by atoms with van der Waals surface area (Å²) in [7, 11) is 1.84. The van der Waals surface area contributed by atoms with Gasteiger partial charge in [0, 0.05) is 30.8 Å². The Kier molecular flexibility index (Phi) is 3.38. The third kappa shape index (κ3) is 2.56. The van der Waals surface area contributed by atoms with Gasteiger partial charge in [-0.05, 0) is 35.7 Å². The van der Waals surface area contributed by atoms with Gasteiger partial charge in [-0.1, -0.05) is 22.0 Å². The summed E-state index contributed by atoms with van der Waals surface area (Å²) < 4.78 is 1.13. The zero-order valence-corrected chi connectivity index (χ0v) is 12.3. The molecule has 0 unspecified atom stereocenters. The molecule has 0 fully saturated rings. The lowest BCUT2D eigenvalue weighted by atomic mass is 10.00. The molecule has 5 heteroatoms. The summed E-state index contributed by atoms with van der Waals surface area (Å²) in [5.74, 6) is 1.64. The van der Waals surface area contributed by atoms with E-state index < -0.39 is 0 Å². The van der Waals surface area contributed by atoms with Gasteiger partial charge >= 0.3 is 0 Å². The van der Waals surface area contributed by atoms with Gasteiger partial charge in [-0.3, -0.25) is 0 Å². The predicted molar refractivity (Wildman–Crippen MR) is 80.5 cm³/mol. The molecule has 98 valence electrons. The van der Waals surface area contributed by atoms with E-state index in [-0.39, 0.29) is 0 Å². The first-order valence-corrected chi connectivity index (χ1v) is 7.08. The summed E-state index contributed by atoms with van der Waals surface area (Å²) >= 11 is 3.54. The SMILES string of the molecule is CNc1nccc(N2CCc3ccc(Br)cc3C2)n1. The highest BCUT2D eigenvalue weighted by atomic mass is 79.9. The minimum absolute atomic E-state index is 0.664. The van der Waals surface area contributed by atoms with Crippen molar-refractivity contribution in [2.24, 2.45) is 0 Å². The fraction of sp³-hybridized carbons (Fsp3) is 0.286. The summed E-state index contributed by atoms with van der Waals surface area (Å²) in [5.41, 5.74) is 2.80. The van der Waals surface area contributed by atoms with Crippen LogP contribution in [0.5, 0.6) is 0 Å². The number of hydrogen-bond donors (Lipinski definition) is 1. The lowest BCUT2D eigenvalue weighted by Crippen LogP contribution is -2.31. The molecule has 1 aliphatic heterocycles. The third-order valence-corrected chi connectivity index (χ3v) is 3.86. The van der Waals surface area contributed by atoms with E-state index in [4.69, 9.17) is 0 Å². The Hall–Kier alpha value is -1.62. The van der Waals surface area contributed by atoms with Gasteiger partial charge in [-0.2, -0.15) is 4.98 Å². The predicted octanol–water partition coefficient (Wildman–Crippen LogP) is 2.84. The Morgan fingerprint density at radius 2 is 2.16 bits per heavy atom. The van der Waals surface area contributed by atoms with Crippen LogP contribution >= 0.6 is 15.9 Å². The van der Waals surface area contributed by atoms with E-state index in [0.29, 0.717) is 5.95 Å². The Bertz CT molecular complexity index is 600. The van der Waals surface area contributed by atoms with Crippen molar-refractivity contribution in [3.8, 4) is 0 Å². The standard InChI is InChI=1S/C14H15BrN4/c1-16-14-17-6-4-13(18-14)19-7-5-10-2-3-12(15)8-11(10)9-19/h2-4,6,8H,5,7,9H2,1H3,(H,16,17,18). The van der Waals surface area contributed by atoms with Crippen molar-refractivity contribution >= 4 is 27.7 Å². The molecular formula is C14H15BrN4. The monoisotopic (exact) mass is 318 g/mol. The van der Waals surface area contributed by atoms with Crippen LogP contribution in [0.3, 0.4) is 0 Å². The topological polar surface area (TPSA) is 41.1 Å². The van der Waals surface area contributed by atoms with Crippen LogP contribution in [-0.4, -0.2) is 23.6 Å². The number of nitrogens with one attached hydrogen (secondary N) is 1. The zero-order valence-electron chi connectivity index (χ0n) is 10.7. The van der Waals surface area contributed by atoms with Gasteiger partial charge in [0.15, 0.2) is 0 Å². The molecule has 0 atom stereocenters. The molecule has 0 spiro atoms. The molecule has 1 aromatic carbocycles. The number of halogens is 1. The average Bonchev–Trinajstić information content (AvgIpc) is 2.46. The molecule has 0 aliphatic carbocycles. The quantitative estimate of drug-likeness (QED) is 0.924. The van der Waals surface area contributed by atoms with Gasteiger partial charge in [0.05, 0.1) is 0 Å². The fourth-order valence-corrected chi connectivity index (χ4v) is 2.78. The summed E-state index contributed by atoms with van der Waals surface area (Å²) in [4.78, 5) is 10.9. The van der Waals surface area contributed by atoms with E-state index >= 15 is 0 Å². The van der Waals surface area contributed by atoms with Crippen molar-refractivity contribution in [1.82, 2.24) is 9.97 Å². The average molecular weight is 319 g/mol. The van der Waals surface area contributed by atoms with E-state index in [0.717, 1.165) is 29.8 Å². The Balaban J connectivity index is 1.88. The fourth-order valence-electron chi connectivity index (χ4n) is 2.37. The van der Waals surface area contributed by atoms with Gasteiger partial charge in [0.2, 0.25) is 5.95 Å². The Labute approximate surface area is 121 Å². The molecule has 0 radical (unpaired) electrons. The molecular weight excluding hydrogens is 304 g/mol. The third-order valence-electron chi connectivity index (χ3n) is 3.37. The molecule has 19 heavy (non-hydrogen) atoms. The molecule has 2 aromatic rings. The highest BCUT2D eigenvalue weighted by Crippen LogP contribution is 2.25. The molecule has 0 bridgehead atoms. The van der Waals surface area contributed by atoms with Crippen LogP contribution in [0, 0.1) is 0 Å². The molecule has 1 aliphatic rings. The molecule has 3 rings (SSSR count). The zero-order chi connectivity index (χ0) is 13.2. The van der Waals surface area contributed by atoms with Crippen LogP contribution in [0.4, 0.5) is 11.8 Å². The lowest BCUT2D eigenvalue weighted by molar-refractivity contribution is 0.719. The molecule has 1 N–H and O–H groups in total. The van der Waals surface area contributed by atoms with Crippen LogP contribution in [0.15, 0.2) is 34.9 Å². The van der Waals surface area contributed by atoms with Crippen molar-refractivity contribution in [1.29, 1.82) is 0 Å². The number of aromatic nitrogens is 2.